The molecule has 2 aromatic rings. The summed E-state index contributed by atoms with van der Waals surface area (Å²) in [6.45, 7) is 4.77. The summed E-state index contributed by atoms with van der Waals surface area (Å²) in [5.41, 5.74) is 6.68. The molecule has 0 aliphatic heterocycles. The van der Waals surface area contributed by atoms with Crippen LogP contribution in [0.15, 0.2) is 41.5 Å². The Morgan fingerprint density at radius 3 is 2.50 bits per heavy atom. The maximum absolute atomic E-state index is 13.6. The molecular weight excluding hydrogens is 512 g/mol. The van der Waals surface area contributed by atoms with Crippen molar-refractivity contribution in [2.45, 2.75) is 52.1 Å². The minimum Gasteiger partial charge on any atom is -0.494 e. The third-order valence-electron chi connectivity index (χ3n) is 4.88. The Bertz CT molecular complexity index is 1130. The quantitative estimate of drug-likeness (QED) is 0.112. The standard InChI is InChI=1S/C25H30F4N4O5/c1-24(2,3)38-23(35)33(10-11-34)15-18-14-19(36-12-4-9-31-32-30)6-8-22(18)37-16-17-5-7-21(26)20(13-17)25(27,28)29/h5-8,13-14,34H,4,9-12,15-16H2,1-3H3. The molecule has 1 amide bonds. The molecule has 208 valence electrons. The molecule has 0 fully saturated rings. The van der Waals surface area contributed by atoms with Crippen LogP contribution in [-0.4, -0.2) is 48.0 Å². The summed E-state index contributed by atoms with van der Waals surface area (Å²) in [7, 11) is 0. The topological polar surface area (TPSA) is 117 Å². The van der Waals surface area contributed by atoms with Gasteiger partial charge >= 0.3 is 12.3 Å². The number of amides is 1. The van der Waals surface area contributed by atoms with Crippen LogP contribution in [0.2, 0.25) is 0 Å². The largest absolute Gasteiger partial charge is 0.494 e. The van der Waals surface area contributed by atoms with E-state index >= 15 is 0 Å². The van der Waals surface area contributed by atoms with E-state index in [0.717, 1.165) is 6.07 Å². The fourth-order valence-electron chi connectivity index (χ4n) is 3.21. The van der Waals surface area contributed by atoms with Gasteiger partial charge < -0.3 is 24.2 Å². The van der Waals surface area contributed by atoms with E-state index in [1.54, 1.807) is 32.9 Å². The van der Waals surface area contributed by atoms with E-state index in [0.29, 0.717) is 23.8 Å². The Hall–Kier alpha value is -3.70. The van der Waals surface area contributed by atoms with Crippen molar-refractivity contribution in [3.8, 4) is 11.5 Å². The molecule has 38 heavy (non-hydrogen) atoms. The number of carbonyl (C=O) groups is 1. The Kier molecular flexibility index (Phi) is 11.0. The molecule has 1 N–H and O–H groups in total. The minimum atomic E-state index is -4.86. The van der Waals surface area contributed by atoms with Crippen LogP contribution in [0, 0.1) is 5.82 Å². The third kappa shape index (κ3) is 9.98. The first-order chi connectivity index (χ1) is 17.8. The van der Waals surface area contributed by atoms with E-state index in [9.17, 15) is 27.5 Å². The summed E-state index contributed by atoms with van der Waals surface area (Å²) >= 11 is 0. The summed E-state index contributed by atoms with van der Waals surface area (Å²) in [6.07, 6.45) is -5.09. The van der Waals surface area contributed by atoms with Crippen molar-refractivity contribution in [3.05, 3.63) is 69.3 Å². The van der Waals surface area contributed by atoms with Crippen LogP contribution in [0.25, 0.3) is 10.4 Å². The van der Waals surface area contributed by atoms with Crippen LogP contribution in [0.3, 0.4) is 0 Å². The summed E-state index contributed by atoms with van der Waals surface area (Å²) < 4.78 is 69.8. The van der Waals surface area contributed by atoms with Crippen LogP contribution >= 0.6 is 0 Å². The number of nitrogens with zero attached hydrogens (tertiary/aromatic N) is 4. The molecule has 0 aromatic heterocycles. The summed E-state index contributed by atoms with van der Waals surface area (Å²) in [6, 6.07) is 7.27. The van der Waals surface area contributed by atoms with Crippen molar-refractivity contribution >= 4 is 6.09 Å². The summed E-state index contributed by atoms with van der Waals surface area (Å²) in [4.78, 5) is 16.6. The van der Waals surface area contributed by atoms with Gasteiger partial charge in [0.1, 0.15) is 29.5 Å². The maximum Gasteiger partial charge on any atom is 0.419 e. The van der Waals surface area contributed by atoms with Gasteiger partial charge in [0.05, 0.1) is 25.3 Å². The lowest BCUT2D eigenvalue weighted by molar-refractivity contribution is -0.140. The molecule has 0 atom stereocenters. The first-order valence-corrected chi connectivity index (χ1v) is 11.7. The number of hydrogen-bond acceptors (Lipinski definition) is 6. The van der Waals surface area contributed by atoms with Crippen molar-refractivity contribution in [1.29, 1.82) is 0 Å². The predicted molar refractivity (Wildman–Crippen MR) is 130 cm³/mol. The van der Waals surface area contributed by atoms with Crippen LogP contribution in [-0.2, 0) is 24.1 Å². The van der Waals surface area contributed by atoms with Gasteiger partial charge in [-0.2, -0.15) is 13.2 Å². The molecule has 9 nitrogen and oxygen atoms in total. The lowest BCUT2D eigenvalue weighted by Gasteiger charge is -2.27. The lowest BCUT2D eigenvalue weighted by Crippen LogP contribution is -2.38. The van der Waals surface area contributed by atoms with Crippen molar-refractivity contribution in [2.75, 3.05) is 26.3 Å². The second-order valence-corrected chi connectivity index (χ2v) is 9.15. The number of halogens is 4. The van der Waals surface area contributed by atoms with E-state index in [1.807, 2.05) is 0 Å². The number of alkyl halides is 3. The lowest BCUT2D eigenvalue weighted by atomic mass is 10.1. The highest BCUT2D eigenvalue weighted by Crippen LogP contribution is 2.33. The second kappa shape index (κ2) is 13.7. The highest BCUT2D eigenvalue weighted by Gasteiger charge is 2.34. The van der Waals surface area contributed by atoms with E-state index < -0.39 is 29.3 Å². The first-order valence-electron chi connectivity index (χ1n) is 11.7. The first kappa shape index (κ1) is 30.5. The Morgan fingerprint density at radius 1 is 1.13 bits per heavy atom. The second-order valence-electron chi connectivity index (χ2n) is 9.15. The zero-order valence-corrected chi connectivity index (χ0v) is 21.3. The molecule has 0 radical (unpaired) electrons. The van der Waals surface area contributed by atoms with Gasteiger partial charge in [0.15, 0.2) is 0 Å². The van der Waals surface area contributed by atoms with Gasteiger partial charge in [-0.05, 0) is 68.6 Å². The number of aliphatic hydroxyl groups excluding tert-OH is 1. The van der Waals surface area contributed by atoms with Gasteiger partial charge in [0.25, 0.3) is 0 Å². The monoisotopic (exact) mass is 542 g/mol. The van der Waals surface area contributed by atoms with Crippen LogP contribution in [0.1, 0.15) is 43.9 Å². The Balaban J connectivity index is 2.30. The zero-order chi connectivity index (χ0) is 28.3. The van der Waals surface area contributed by atoms with Gasteiger partial charge in [0, 0.05) is 23.6 Å². The minimum absolute atomic E-state index is 0.0570. The summed E-state index contributed by atoms with van der Waals surface area (Å²) in [5, 5.41) is 12.9. The van der Waals surface area contributed by atoms with Gasteiger partial charge in [0.2, 0.25) is 0 Å². The number of rotatable bonds is 12. The molecule has 2 aromatic carbocycles. The number of azide groups is 1. The smallest absolute Gasteiger partial charge is 0.419 e. The Morgan fingerprint density at radius 2 is 1.87 bits per heavy atom. The van der Waals surface area contributed by atoms with E-state index in [4.69, 9.17) is 19.7 Å². The maximum atomic E-state index is 13.6. The van der Waals surface area contributed by atoms with Crippen molar-refractivity contribution < 1.29 is 41.7 Å². The number of ether oxygens (including phenoxy) is 3. The fourth-order valence-corrected chi connectivity index (χ4v) is 3.21. The number of aliphatic hydroxyl groups is 1. The molecule has 0 spiro atoms. The summed E-state index contributed by atoms with van der Waals surface area (Å²) in [5.74, 6) is -0.751. The van der Waals surface area contributed by atoms with Crippen molar-refractivity contribution in [2.24, 2.45) is 5.11 Å². The molecule has 0 saturated carbocycles. The molecule has 0 saturated heterocycles. The molecule has 13 heteroatoms. The van der Waals surface area contributed by atoms with Gasteiger partial charge in [-0.3, -0.25) is 0 Å². The fraction of sp³-hybridized carbons (Fsp3) is 0.480. The van der Waals surface area contributed by atoms with Crippen LogP contribution in [0.4, 0.5) is 22.4 Å². The SMILES string of the molecule is CC(C)(C)OC(=O)N(CCO)Cc1cc(OCCCN=[N+]=[N-])ccc1OCc1ccc(F)c(C(F)(F)F)c1. The molecular formula is C25H30F4N4O5. The van der Waals surface area contributed by atoms with E-state index in [2.05, 4.69) is 10.0 Å². The number of hydrogen-bond donors (Lipinski definition) is 1. The average Bonchev–Trinajstić information content (AvgIpc) is 2.82. The highest BCUT2D eigenvalue weighted by atomic mass is 19.4. The van der Waals surface area contributed by atoms with Crippen molar-refractivity contribution in [3.63, 3.8) is 0 Å². The predicted octanol–water partition coefficient (Wildman–Crippen LogP) is 6.23. The Labute approximate surface area is 217 Å². The van der Waals surface area contributed by atoms with Gasteiger partial charge in [-0.1, -0.05) is 11.2 Å². The molecule has 2 rings (SSSR count). The zero-order valence-electron chi connectivity index (χ0n) is 21.3. The molecule has 0 bridgehead atoms. The molecule has 0 unspecified atom stereocenters. The third-order valence-corrected chi connectivity index (χ3v) is 4.88. The number of benzene rings is 2. The van der Waals surface area contributed by atoms with E-state index in [1.165, 1.54) is 17.0 Å². The molecule has 0 aliphatic rings. The van der Waals surface area contributed by atoms with E-state index in [-0.39, 0.29) is 50.8 Å². The molecule has 0 aliphatic carbocycles. The van der Waals surface area contributed by atoms with Crippen LogP contribution in [0.5, 0.6) is 11.5 Å². The average molecular weight is 543 g/mol. The highest BCUT2D eigenvalue weighted by molar-refractivity contribution is 5.68. The van der Waals surface area contributed by atoms with Crippen molar-refractivity contribution in [1.82, 2.24) is 4.90 Å². The molecule has 0 heterocycles. The van der Waals surface area contributed by atoms with Crippen LogP contribution < -0.4 is 9.47 Å². The van der Waals surface area contributed by atoms with Gasteiger partial charge in [-0.15, -0.1) is 0 Å². The van der Waals surface area contributed by atoms with Gasteiger partial charge in [-0.25, -0.2) is 9.18 Å². The normalized spacial score (nSPS) is 11.5. The number of carbonyl (C=O) groups excluding carboxylic acids is 1.